The zero-order chi connectivity index (χ0) is 21.2. The van der Waals surface area contributed by atoms with Crippen LogP contribution >= 0.6 is 0 Å². The highest BCUT2D eigenvalue weighted by Crippen LogP contribution is 2.21. The van der Waals surface area contributed by atoms with Crippen LogP contribution in [0.15, 0.2) is 30.3 Å². The van der Waals surface area contributed by atoms with Crippen LogP contribution in [0.3, 0.4) is 0 Å². The lowest BCUT2D eigenvalue weighted by molar-refractivity contribution is -0.137. The van der Waals surface area contributed by atoms with Gasteiger partial charge in [0.1, 0.15) is 0 Å². The van der Waals surface area contributed by atoms with Crippen molar-refractivity contribution in [1.82, 2.24) is 14.7 Å². The van der Waals surface area contributed by atoms with Crippen molar-refractivity contribution in [3.05, 3.63) is 30.3 Å². The minimum absolute atomic E-state index is 0.0197. The Kier molecular flexibility index (Phi) is 9.45. The number of carbonyl (C=O) groups is 2. The van der Waals surface area contributed by atoms with Crippen LogP contribution in [0, 0.1) is 11.8 Å². The molecule has 2 rings (SSSR count). The van der Waals surface area contributed by atoms with E-state index in [1.165, 1.54) is 0 Å². The molecule has 0 aliphatic carbocycles. The molecule has 0 atom stereocenters. The summed E-state index contributed by atoms with van der Waals surface area (Å²) in [5, 5.41) is 2.94. The zero-order valence-corrected chi connectivity index (χ0v) is 18.6. The van der Waals surface area contributed by atoms with Crippen LogP contribution < -0.4 is 5.32 Å². The van der Waals surface area contributed by atoms with E-state index in [0.717, 1.165) is 51.3 Å². The summed E-state index contributed by atoms with van der Waals surface area (Å²) < 4.78 is 0. The Morgan fingerprint density at radius 1 is 1.07 bits per heavy atom. The molecular weight excluding hydrogens is 364 g/mol. The van der Waals surface area contributed by atoms with E-state index in [4.69, 9.17) is 0 Å². The number of hydrogen-bond donors (Lipinski definition) is 1. The van der Waals surface area contributed by atoms with Crippen molar-refractivity contribution >= 4 is 17.6 Å². The van der Waals surface area contributed by atoms with Crippen molar-refractivity contribution in [2.75, 3.05) is 51.1 Å². The van der Waals surface area contributed by atoms with E-state index < -0.39 is 0 Å². The Balaban J connectivity index is 1.87. The number of hydrogen-bond acceptors (Lipinski definition) is 3. The van der Waals surface area contributed by atoms with Gasteiger partial charge < -0.3 is 20.0 Å². The van der Waals surface area contributed by atoms with Crippen LogP contribution in [0.4, 0.5) is 10.5 Å². The van der Waals surface area contributed by atoms with Gasteiger partial charge in [-0.3, -0.25) is 4.79 Å². The molecule has 3 amide bonds. The molecule has 6 heteroatoms. The second-order valence-corrected chi connectivity index (χ2v) is 8.26. The summed E-state index contributed by atoms with van der Waals surface area (Å²) >= 11 is 0. The first-order valence-corrected chi connectivity index (χ1v) is 11.1. The monoisotopic (exact) mass is 402 g/mol. The summed E-state index contributed by atoms with van der Waals surface area (Å²) in [5.74, 6) is 0.729. The molecule has 0 saturated carbocycles. The molecule has 0 radical (unpaired) electrons. The van der Waals surface area contributed by atoms with Crippen molar-refractivity contribution < 1.29 is 9.59 Å². The SMILES string of the molecule is CCN(CC)CCN(CC(C)C)C(=O)C1CCN(C(=O)Nc2ccccc2)CC1. The molecule has 1 aliphatic rings. The van der Waals surface area contributed by atoms with Gasteiger partial charge in [-0.15, -0.1) is 0 Å². The number of rotatable bonds is 9. The van der Waals surface area contributed by atoms with Gasteiger partial charge in [-0.2, -0.15) is 0 Å². The topological polar surface area (TPSA) is 55.9 Å². The molecule has 1 fully saturated rings. The number of nitrogens with zero attached hydrogens (tertiary/aromatic N) is 3. The van der Waals surface area contributed by atoms with Crippen LogP contribution in [0.1, 0.15) is 40.5 Å². The molecule has 0 bridgehead atoms. The predicted octanol–water partition coefficient (Wildman–Crippen LogP) is 3.76. The zero-order valence-electron chi connectivity index (χ0n) is 18.6. The van der Waals surface area contributed by atoms with Crippen molar-refractivity contribution in [3.63, 3.8) is 0 Å². The molecule has 1 aliphatic heterocycles. The first-order chi connectivity index (χ1) is 13.9. The Bertz CT molecular complexity index is 623. The minimum Gasteiger partial charge on any atom is -0.341 e. The molecule has 162 valence electrons. The third-order valence-electron chi connectivity index (χ3n) is 5.63. The van der Waals surface area contributed by atoms with E-state index in [-0.39, 0.29) is 17.9 Å². The molecule has 1 heterocycles. The molecular formula is C23H38N4O2. The van der Waals surface area contributed by atoms with Gasteiger partial charge in [0.05, 0.1) is 0 Å². The molecule has 0 spiro atoms. The highest BCUT2D eigenvalue weighted by atomic mass is 16.2. The maximum atomic E-state index is 13.2. The molecule has 0 aromatic heterocycles. The Morgan fingerprint density at radius 2 is 1.69 bits per heavy atom. The number of urea groups is 1. The minimum atomic E-state index is -0.0809. The van der Waals surface area contributed by atoms with E-state index in [9.17, 15) is 9.59 Å². The Morgan fingerprint density at radius 3 is 2.24 bits per heavy atom. The maximum absolute atomic E-state index is 13.2. The van der Waals surface area contributed by atoms with Crippen LogP contribution in [-0.2, 0) is 4.79 Å². The van der Waals surface area contributed by atoms with Crippen molar-refractivity contribution in [2.24, 2.45) is 11.8 Å². The summed E-state index contributed by atoms with van der Waals surface area (Å²) in [6, 6.07) is 9.42. The van der Waals surface area contributed by atoms with Gasteiger partial charge in [-0.05, 0) is 44.0 Å². The second kappa shape index (κ2) is 11.8. The number of likely N-dealkylation sites (N-methyl/N-ethyl adjacent to an activating group) is 1. The highest BCUT2D eigenvalue weighted by molar-refractivity contribution is 5.89. The normalized spacial score (nSPS) is 15.0. The van der Waals surface area contributed by atoms with E-state index in [1.807, 2.05) is 40.1 Å². The molecule has 1 N–H and O–H groups in total. The first-order valence-electron chi connectivity index (χ1n) is 11.1. The summed E-state index contributed by atoms with van der Waals surface area (Å²) in [5.41, 5.74) is 0.801. The van der Waals surface area contributed by atoms with Crippen LogP contribution in [0.2, 0.25) is 0 Å². The number of benzene rings is 1. The van der Waals surface area contributed by atoms with E-state index in [1.54, 1.807) is 0 Å². The van der Waals surface area contributed by atoms with Gasteiger partial charge in [0.2, 0.25) is 5.91 Å². The number of likely N-dealkylation sites (tertiary alicyclic amines) is 1. The van der Waals surface area contributed by atoms with Crippen molar-refractivity contribution in [3.8, 4) is 0 Å². The Hall–Kier alpha value is -2.08. The fourth-order valence-electron chi connectivity index (χ4n) is 3.85. The highest BCUT2D eigenvalue weighted by Gasteiger charge is 2.30. The molecule has 6 nitrogen and oxygen atoms in total. The van der Waals surface area contributed by atoms with Gasteiger partial charge >= 0.3 is 6.03 Å². The molecule has 1 aromatic rings. The average Bonchev–Trinajstić information content (AvgIpc) is 2.73. The smallest absolute Gasteiger partial charge is 0.321 e. The fraction of sp³-hybridized carbons (Fsp3) is 0.652. The number of carbonyl (C=O) groups excluding carboxylic acids is 2. The molecule has 1 aromatic carbocycles. The summed E-state index contributed by atoms with van der Waals surface area (Å²) in [4.78, 5) is 31.9. The molecule has 1 saturated heterocycles. The van der Waals surface area contributed by atoms with Gasteiger partial charge in [-0.25, -0.2) is 4.79 Å². The van der Waals surface area contributed by atoms with Crippen LogP contribution in [-0.4, -0.2) is 72.5 Å². The fourth-order valence-corrected chi connectivity index (χ4v) is 3.85. The number of amides is 3. The lowest BCUT2D eigenvalue weighted by Gasteiger charge is -2.35. The average molecular weight is 403 g/mol. The van der Waals surface area contributed by atoms with Gasteiger partial charge in [0.15, 0.2) is 0 Å². The third-order valence-corrected chi connectivity index (χ3v) is 5.63. The van der Waals surface area contributed by atoms with Crippen molar-refractivity contribution in [1.29, 1.82) is 0 Å². The summed E-state index contributed by atoms with van der Waals surface area (Å²) in [7, 11) is 0. The van der Waals surface area contributed by atoms with E-state index >= 15 is 0 Å². The number of anilines is 1. The molecule has 29 heavy (non-hydrogen) atoms. The molecule has 0 unspecified atom stereocenters. The largest absolute Gasteiger partial charge is 0.341 e. The van der Waals surface area contributed by atoms with Gasteiger partial charge in [-0.1, -0.05) is 45.9 Å². The predicted molar refractivity (Wildman–Crippen MR) is 119 cm³/mol. The van der Waals surface area contributed by atoms with Crippen LogP contribution in [0.25, 0.3) is 0 Å². The second-order valence-electron chi connectivity index (χ2n) is 8.26. The lowest BCUT2D eigenvalue weighted by atomic mass is 9.95. The van der Waals surface area contributed by atoms with Gasteiger partial charge in [0, 0.05) is 44.3 Å². The third kappa shape index (κ3) is 7.35. The summed E-state index contributed by atoms with van der Waals surface area (Å²) in [6.45, 7) is 14.4. The number of nitrogens with one attached hydrogen (secondary N) is 1. The Labute approximate surface area is 176 Å². The van der Waals surface area contributed by atoms with Gasteiger partial charge in [0.25, 0.3) is 0 Å². The summed E-state index contributed by atoms with van der Waals surface area (Å²) in [6.07, 6.45) is 1.47. The number of para-hydroxylation sites is 1. The number of piperidine rings is 1. The first kappa shape index (κ1) is 23.2. The van der Waals surface area contributed by atoms with Crippen LogP contribution in [0.5, 0.6) is 0 Å². The maximum Gasteiger partial charge on any atom is 0.321 e. The van der Waals surface area contributed by atoms with E-state index in [0.29, 0.717) is 19.0 Å². The van der Waals surface area contributed by atoms with E-state index in [2.05, 4.69) is 37.9 Å². The lowest BCUT2D eigenvalue weighted by Crippen LogP contribution is -2.47. The van der Waals surface area contributed by atoms with Crippen molar-refractivity contribution in [2.45, 2.75) is 40.5 Å². The standard InChI is InChI=1S/C23H38N4O2/c1-5-25(6-2)16-17-27(18-19(3)4)22(28)20-12-14-26(15-13-20)23(29)24-21-10-8-7-9-11-21/h7-11,19-20H,5-6,12-18H2,1-4H3,(H,24,29). The quantitative estimate of drug-likeness (QED) is 0.684.